The summed E-state index contributed by atoms with van der Waals surface area (Å²) in [6, 6.07) is 33.7. The molecule has 0 heterocycles. The van der Waals surface area contributed by atoms with Gasteiger partial charge in [0.05, 0.1) is 6.61 Å². The lowest BCUT2D eigenvalue weighted by Crippen LogP contribution is -2.30. The van der Waals surface area contributed by atoms with Crippen LogP contribution in [0.15, 0.2) is 116 Å². The van der Waals surface area contributed by atoms with E-state index < -0.39 is 6.10 Å². The Morgan fingerprint density at radius 2 is 1.43 bits per heavy atom. The van der Waals surface area contributed by atoms with E-state index in [0.717, 1.165) is 16.5 Å². The van der Waals surface area contributed by atoms with Crippen LogP contribution < -0.4 is 0 Å². The average molecular weight is 392 g/mol. The standard InChI is InChI=1S/C28H24O2/c1-2-26(25-18-17-22-13-9-10-16-24(22)19-25)28(27(29)23-14-7-4-8-15-23)30-20-21-11-5-3-6-12-21/h2-19,26,28H,1,20H2/t26-,28+/m1/s1. The summed E-state index contributed by atoms with van der Waals surface area (Å²) in [7, 11) is 0. The van der Waals surface area contributed by atoms with E-state index >= 15 is 0 Å². The number of ether oxygens (including phenoxy) is 1. The van der Waals surface area contributed by atoms with Crippen LogP contribution >= 0.6 is 0 Å². The molecule has 0 aliphatic rings. The second-order valence-corrected chi connectivity index (χ2v) is 7.32. The molecule has 0 aliphatic heterocycles. The van der Waals surface area contributed by atoms with Crippen molar-refractivity contribution in [1.29, 1.82) is 0 Å². The van der Waals surface area contributed by atoms with Gasteiger partial charge in [0.1, 0.15) is 6.10 Å². The number of hydrogen-bond acceptors (Lipinski definition) is 2. The first-order valence-electron chi connectivity index (χ1n) is 10.1. The van der Waals surface area contributed by atoms with E-state index in [1.54, 1.807) is 0 Å². The highest BCUT2D eigenvalue weighted by Crippen LogP contribution is 2.29. The fourth-order valence-corrected chi connectivity index (χ4v) is 3.72. The van der Waals surface area contributed by atoms with Crippen molar-refractivity contribution >= 4 is 16.6 Å². The van der Waals surface area contributed by atoms with E-state index in [4.69, 9.17) is 4.74 Å². The van der Waals surface area contributed by atoms with Gasteiger partial charge in [-0.15, -0.1) is 6.58 Å². The second-order valence-electron chi connectivity index (χ2n) is 7.32. The average Bonchev–Trinajstić information content (AvgIpc) is 2.82. The SMILES string of the molecule is C=C[C@H](c1ccc2ccccc2c1)[C@H](OCc1ccccc1)C(=O)c1ccccc1. The van der Waals surface area contributed by atoms with Crippen LogP contribution in [-0.2, 0) is 11.3 Å². The smallest absolute Gasteiger partial charge is 0.192 e. The highest BCUT2D eigenvalue weighted by atomic mass is 16.5. The zero-order valence-electron chi connectivity index (χ0n) is 16.8. The number of benzene rings is 4. The molecule has 148 valence electrons. The predicted molar refractivity (Wildman–Crippen MR) is 123 cm³/mol. The van der Waals surface area contributed by atoms with Crippen LogP contribution in [0.4, 0.5) is 0 Å². The van der Waals surface area contributed by atoms with Crippen LogP contribution in [0.3, 0.4) is 0 Å². The van der Waals surface area contributed by atoms with Gasteiger partial charge in [-0.1, -0.05) is 109 Å². The lowest BCUT2D eigenvalue weighted by atomic mass is 9.87. The largest absolute Gasteiger partial charge is 0.364 e. The summed E-state index contributed by atoms with van der Waals surface area (Å²) in [5.74, 6) is -0.296. The molecule has 4 rings (SSSR count). The van der Waals surface area contributed by atoms with E-state index in [1.807, 2.05) is 78.9 Å². The molecular formula is C28H24O2. The van der Waals surface area contributed by atoms with Crippen LogP contribution in [0.25, 0.3) is 10.8 Å². The van der Waals surface area contributed by atoms with Crippen molar-refractivity contribution in [3.8, 4) is 0 Å². The van der Waals surface area contributed by atoms with Crippen LogP contribution in [0, 0.1) is 0 Å². The first-order valence-corrected chi connectivity index (χ1v) is 10.1. The Balaban J connectivity index is 1.69. The van der Waals surface area contributed by atoms with Gasteiger partial charge in [-0.25, -0.2) is 0 Å². The first kappa shape index (κ1) is 19.8. The second kappa shape index (κ2) is 9.34. The molecule has 0 unspecified atom stereocenters. The Kier molecular flexibility index (Phi) is 6.17. The molecule has 2 nitrogen and oxygen atoms in total. The summed E-state index contributed by atoms with van der Waals surface area (Å²) in [6.45, 7) is 4.40. The number of hydrogen-bond donors (Lipinski definition) is 0. The fourth-order valence-electron chi connectivity index (χ4n) is 3.72. The number of carbonyl (C=O) groups is 1. The Morgan fingerprint density at radius 3 is 2.13 bits per heavy atom. The van der Waals surface area contributed by atoms with E-state index in [0.29, 0.717) is 12.2 Å². The van der Waals surface area contributed by atoms with Gasteiger partial charge in [-0.2, -0.15) is 0 Å². The van der Waals surface area contributed by atoms with Crippen molar-refractivity contribution in [2.45, 2.75) is 18.6 Å². The Bertz CT molecular complexity index is 1130. The van der Waals surface area contributed by atoms with Crippen LogP contribution in [0.2, 0.25) is 0 Å². The topological polar surface area (TPSA) is 26.3 Å². The van der Waals surface area contributed by atoms with Crippen molar-refractivity contribution in [2.24, 2.45) is 0 Å². The van der Waals surface area contributed by atoms with Gasteiger partial charge in [0.2, 0.25) is 0 Å². The van der Waals surface area contributed by atoms with Crippen LogP contribution in [0.5, 0.6) is 0 Å². The Labute approximate surface area is 177 Å². The normalized spacial score (nSPS) is 12.9. The molecule has 30 heavy (non-hydrogen) atoms. The van der Waals surface area contributed by atoms with E-state index in [2.05, 4.69) is 36.9 Å². The molecule has 2 heteroatoms. The minimum Gasteiger partial charge on any atom is -0.364 e. The number of ketones is 1. The number of fused-ring (bicyclic) bond motifs is 1. The monoisotopic (exact) mass is 392 g/mol. The number of Topliss-reactive ketones (excluding diaryl/α,β-unsaturated/α-hetero) is 1. The van der Waals surface area contributed by atoms with Gasteiger partial charge in [0.15, 0.2) is 5.78 Å². The van der Waals surface area contributed by atoms with Crippen molar-refractivity contribution in [3.63, 3.8) is 0 Å². The molecule has 0 amide bonds. The maximum atomic E-state index is 13.4. The summed E-state index contributed by atoms with van der Waals surface area (Å²) in [6.07, 6.45) is 1.16. The molecule has 0 N–H and O–H groups in total. The van der Waals surface area contributed by atoms with Gasteiger partial charge < -0.3 is 4.74 Å². The van der Waals surface area contributed by atoms with E-state index in [1.165, 1.54) is 5.39 Å². The summed E-state index contributed by atoms with van der Waals surface area (Å²) < 4.78 is 6.24. The number of rotatable bonds is 8. The van der Waals surface area contributed by atoms with Gasteiger partial charge >= 0.3 is 0 Å². The maximum Gasteiger partial charge on any atom is 0.192 e. The third-order valence-electron chi connectivity index (χ3n) is 5.33. The number of carbonyl (C=O) groups excluding carboxylic acids is 1. The van der Waals surface area contributed by atoms with Gasteiger partial charge in [-0.05, 0) is 21.9 Å². The van der Waals surface area contributed by atoms with Crippen LogP contribution in [0.1, 0.15) is 27.4 Å². The molecule has 4 aromatic rings. The molecule has 0 aliphatic carbocycles. The minimum atomic E-state index is -0.661. The van der Waals surface area contributed by atoms with Crippen molar-refractivity contribution in [3.05, 3.63) is 132 Å². The molecule has 0 bridgehead atoms. The first-order chi connectivity index (χ1) is 14.8. The Morgan fingerprint density at radius 1 is 0.800 bits per heavy atom. The summed E-state index contributed by atoms with van der Waals surface area (Å²) in [4.78, 5) is 13.4. The zero-order valence-corrected chi connectivity index (χ0v) is 16.8. The van der Waals surface area contributed by atoms with Gasteiger partial charge in [-0.3, -0.25) is 4.79 Å². The molecule has 0 radical (unpaired) electrons. The van der Waals surface area contributed by atoms with Crippen molar-refractivity contribution in [1.82, 2.24) is 0 Å². The van der Waals surface area contributed by atoms with Crippen molar-refractivity contribution < 1.29 is 9.53 Å². The summed E-state index contributed by atoms with van der Waals surface area (Å²) in [5.41, 5.74) is 2.69. The minimum absolute atomic E-state index is 0.0374. The molecule has 0 saturated heterocycles. The predicted octanol–water partition coefficient (Wildman–Crippen LogP) is 6.58. The highest BCUT2D eigenvalue weighted by Gasteiger charge is 2.29. The molecule has 0 saturated carbocycles. The zero-order chi connectivity index (χ0) is 20.8. The molecular weight excluding hydrogens is 368 g/mol. The van der Waals surface area contributed by atoms with Crippen LogP contribution in [-0.4, -0.2) is 11.9 Å². The van der Waals surface area contributed by atoms with E-state index in [9.17, 15) is 4.79 Å². The Hall–Kier alpha value is -3.49. The lowest BCUT2D eigenvalue weighted by Gasteiger charge is -2.25. The van der Waals surface area contributed by atoms with E-state index in [-0.39, 0.29) is 11.7 Å². The molecule has 0 spiro atoms. The lowest BCUT2D eigenvalue weighted by molar-refractivity contribution is 0.0284. The summed E-state index contributed by atoms with van der Waals surface area (Å²) >= 11 is 0. The fraction of sp³-hybridized carbons (Fsp3) is 0.107. The quantitative estimate of drug-likeness (QED) is 0.250. The molecule has 0 aromatic heterocycles. The maximum absolute atomic E-state index is 13.4. The van der Waals surface area contributed by atoms with Gasteiger partial charge in [0.25, 0.3) is 0 Å². The highest BCUT2D eigenvalue weighted by molar-refractivity contribution is 6.00. The third-order valence-corrected chi connectivity index (χ3v) is 5.33. The third kappa shape index (κ3) is 4.40. The van der Waals surface area contributed by atoms with Gasteiger partial charge in [0, 0.05) is 11.5 Å². The summed E-state index contributed by atoms with van der Waals surface area (Å²) in [5, 5.41) is 2.30. The molecule has 0 fully saturated rings. The molecule has 2 atom stereocenters. The van der Waals surface area contributed by atoms with Crippen molar-refractivity contribution in [2.75, 3.05) is 0 Å². The molecule has 4 aromatic carbocycles.